The van der Waals surface area contributed by atoms with Gasteiger partial charge < -0.3 is 10.2 Å². The quantitative estimate of drug-likeness (QED) is 0.193. The minimum absolute atomic E-state index is 0.200. The molecule has 0 radical (unpaired) electrons. The number of rotatable bonds is 6. The predicted molar refractivity (Wildman–Crippen MR) is 149 cm³/mol. The first-order valence-electron chi connectivity index (χ1n) is 12.9. The third-order valence-electron chi connectivity index (χ3n) is 6.56. The second-order valence-electron chi connectivity index (χ2n) is 9.76. The normalized spacial score (nSPS) is 18.4. The molecule has 2 N–H and O–H groups in total. The van der Waals surface area contributed by atoms with Gasteiger partial charge in [0.25, 0.3) is 0 Å². The van der Waals surface area contributed by atoms with Crippen LogP contribution in [0.2, 0.25) is 0 Å². The van der Waals surface area contributed by atoms with Crippen LogP contribution in [0.1, 0.15) is 55.3 Å². The second kappa shape index (κ2) is 12.4. The first-order chi connectivity index (χ1) is 21.4. The third-order valence-corrected chi connectivity index (χ3v) is 6.56. The van der Waals surface area contributed by atoms with E-state index in [4.69, 9.17) is 8.85 Å². The highest BCUT2D eigenvalue weighted by Gasteiger charge is 2.45. The average Bonchev–Trinajstić information content (AvgIpc) is 2.96. The van der Waals surface area contributed by atoms with Crippen LogP contribution in [-0.2, 0) is 8.85 Å². The number of allylic oxidation sites excluding steroid dienone is 10. The predicted octanol–water partition coefficient (Wildman–Crippen LogP) is 7.24. The van der Waals surface area contributed by atoms with Crippen LogP contribution in [0.25, 0.3) is 0 Å². The lowest BCUT2D eigenvalue weighted by Gasteiger charge is -2.14. The standard InChI is InChI=1S/C32H18F6O8/c1-15(39)21-7-5-19(13-23(21)29(41)42)45-27-9-3-17(11-25(27)31(33,34)35)18-4-10-28(26(12-18)32(36,37)38)46-20-6-8-22(16(2)40)24(14-20)30(43)44/h3-14H,1-2H3/p+2. The van der Waals surface area contributed by atoms with Gasteiger partial charge in [-0.25, -0.2) is 18.4 Å². The number of ketones is 4. The molecule has 0 fully saturated rings. The number of carbonyl (C=O) groups excluding carboxylic acids is 4. The Labute approximate surface area is 255 Å². The van der Waals surface area contributed by atoms with Gasteiger partial charge in [-0.2, -0.15) is 26.3 Å². The van der Waals surface area contributed by atoms with E-state index < -0.39 is 69.7 Å². The topological polar surface area (TPSA) is 131 Å². The van der Waals surface area contributed by atoms with Crippen molar-refractivity contribution in [2.24, 2.45) is 0 Å². The summed E-state index contributed by atoms with van der Waals surface area (Å²) in [5, 5.41) is 18.8. The van der Waals surface area contributed by atoms with Gasteiger partial charge in [0, 0.05) is 35.4 Å². The van der Waals surface area contributed by atoms with Crippen LogP contribution in [0.4, 0.5) is 26.3 Å². The van der Waals surface area contributed by atoms with E-state index in [9.17, 15) is 55.7 Å². The fraction of sp³-hybridized carbons (Fsp3) is 0.125. The van der Waals surface area contributed by atoms with Gasteiger partial charge in [0.2, 0.25) is 0 Å². The number of halogens is 6. The number of carbonyl (C=O) groups is 4. The fourth-order valence-electron chi connectivity index (χ4n) is 4.44. The van der Waals surface area contributed by atoms with Gasteiger partial charge in [0.05, 0.1) is 23.3 Å². The van der Waals surface area contributed by atoms with Gasteiger partial charge in [-0.1, -0.05) is 0 Å². The van der Waals surface area contributed by atoms with Crippen molar-refractivity contribution in [2.45, 2.75) is 26.2 Å². The number of carboxylic acid groups (broad SMARTS) is 2. The lowest BCUT2D eigenvalue weighted by Crippen LogP contribution is -2.23. The largest absolute Gasteiger partial charge is 0.478 e. The van der Waals surface area contributed by atoms with Crippen LogP contribution in [0.3, 0.4) is 0 Å². The number of hydrogen-bond acceptors (Lipinski definition) is 4. The average molecular weight is 646 g/mol. The Morgan fingerprint density at radius 1 is 0.565 bits per heavy atom. The van der Waals surface area contributed by atoms with Crippen molar-refractivity contribution in [1.82, 2.24) is 0 Å². The summed E-state index contributed by atoms with van der Waals surface area (Å²) >= 11 is 0. The van der Waals surface area contributed by atoms with Gasteiger partial charge in [-0.05, 0) is 61.4 Å². The van der Waals surface area contributed by atoms with Gasteiger partial charge in [-0.3, -0.25) is 9.59 Å². The zero-order chi connectivity index (χ0) is 34.1. The molecular weight excluding hydrogens is 626 g/mol. The van der Waals surface area contributed by atoms with E-state index in [1.165, 1.54) is 0 Å². The molecule has 14 heteroatoms. The molecule has 0 atom stereocenters. The Hall–Kier alpha value is -5.66. The monoisotopic (exact) mass is 646 g/mol. The maximum absolute atomic E-state index is 14.1. The molecule has 46 heavy (non-hydrogen) atoms. The van der Waals surface area contributed by atoms with Crippen LogP contribution in [0.5, 0.6) is 11.5 Å². The van der Waals surface area contributed by atoms with Crippen molar-refractivity contribution >= 4 is 35.1 Å². The lowest BCUT2D eigenvalue weighted by atomic mass is 9.92. The zero-order valence-electron chi connectivity index (χ0n) is 23.5. The van der Waals surface area contributed by atoms with Gasteiger partial charge in [0.1, 0.15) is 0 Å². The summed E-state index contributed by atoms with van der Waals surface area (Å²) in [6, 6.07) is 6.08. The number of hydrogen-bond donors (Lipinski definition) is 2. The molecule has 0 saturated heterocycles. The molecule has 0 bridgehead atoms. The second-order valence-corrected chi connectivity index (χ2v) is 9.76. The molecule has 0 aromatic heterocycles. The molecule has 4 rings (SSSR count). The van der Waals surface area contributed by atoms with E-state index >= 15 is 0 Å². The van der Waals surface area contributed by atoms with Crippen LogP contribution in [0.15, 0.2) is 95.1 Å². The summed E-state index contributed by atoms with van der Waals surface area (Å²) in [5.74, 6) is -6.52. The van der Waals surface area contributed by atoms with Crippen LogP contribution in [-0.4, -0.2) is 57.6 Å². The summed E-state index contributed by atoms with van der Waals surface area (Å²) in [6.07, 6.45) is -5.23. The minimum Gasteiger partial charge on any atom is -0.478 e. The fourth-order valence-corrected chi connectivity index (χ4v) is 4.44. The third kappa shape index (κ3) is 7.17. The van der Waals surface area contributed by atoms with E-state index in [0.717, 1.165) is 74.5 Å². The summed E-state index contributed by atoms with van der Waals surface area (Å²) in [5.41, 5.74) is -4.79. The molecule has 8 nitrogen and oxygen atoms in total. The Kier molecular flexibility index (Phi) is 8.95. The number of Topliss-reactive ketones (excluding diaryl/α,β-unsaturated/α-hetero) is 2. The number of alkyl halides is 6. The van der Waals surface area contributed by atoms with E-state index in [-0.39, 0.29) is 33.8 Å². The van der Waals surface area contributed by atoms with E-state index in [1.54, 1.807) is 0 Å². The molecule has 0 unspecified atom stereocenters. The van der Waals surface area contributed by atoms with Gasteiger partial charge >= 0.3 is 47.4 Å². The Balaban J connectivity index is 1.80. The van der Waals surface area contributed by atoms with E-state index in [2.05, 4.69) is 0 Å². The van der Waals surface area contributed by atoms with Crippen molar-refractivity contribution in [3.63, 3.8) is 0 Å². The molecule has 2 aliphatic rings. The molecule has 0 amide bonds. The van der Waals surface area contributed by atoms with E-state index in [0.29, 0.717) is 12.2 Å². The molecule has 2 aliphatic carbocycles. The zero-order valence-corrected chi connectivity index (χ0v) is 23.5. The molecular formula is C32H20F6O8+2. The summed E-state index contributed by atoms with van der Waals surface area (Å²) in [6.45, 7) is 2.21. The highest BCUT2D eigenvalue weighted by Crippen LogP contribution is 2.36. The summed E-state index contributed by atoms with van der Waals surface area (Å²) in [7, 11) is 0. The smallest absolute Gasteiger partial charge is 0.425 e. The van der Waals surface area contributed by atoms with Crippen molar-refractivity contribution in [3.8, 4) is 11.5 Å². The highest BCUT2D eigenvalue weighted by molar-refractivity contribution is 6.10. The molecule has 236 valence electrons. The molecule has 0 spiro atoms. The first kappa shape index (κ1) is 33.2. The molecule has 2 aromatic carbocycles. The van der Waals surface area contributed by atoms with Crippen molar-refractivity contribution in [2.75, 3.05) is 0 Å². The van der Waals surface area contributed by atoms with Crippen LogP contribution in [0, 0.1) is 0 Å². The lowest BCUT2D eigenvalue weighted by molar-refractivity contribution is -0.366. The first-order valence-corrected chi connectivity index (χ1v) is 12.9. The van der Waals surface area contributed by atoms with Crippen LogP contribution < -0.4 is 0 Å². The Morgan fingerprint density at radius 2 is 0.913 bits per heavy atom. The van der Waals surface area contributed by atoms with Crippen molar-refractivity contribution in [3.05, 3.63) is 117 Å². The minimum atomic E-state index is -5.07. The number of benzene rings is 2. The maximum Gasteiger partial charge on any atom is 0.425 e. The van der Waals surface area contributed by atoms with Gasteiger partial charge in [-0.15, -0.1) is 0 Å². The number of aromatic carboxylic acids is 2. The molecule has 0 saturated carbocycles. The van der Waals surface area contributed by atoms with Crippen molar-refractivity contribution in [1.29, 1.82) is 0 Å². The molecule has 0 heterocycles. The SMILES string of the molecule is CC(=O)c1ccc([O+]=C2C=CC(=C3C=CC(=[O+]c4ccc(C(C)=O)c(C(=O)O)c4)C(C(F)(F)F)=C3)C=C2C(F)(F)F)cc1C(=O)O. The van der Waals surface area contributed by atoms with Crippen LogP contribution >= 0.6 is 0 Å². The molecule has 2 aromatic rings. The number of carboxylic acids is 2. The Bertz CT molecular complexity index is 1780. The molecule has 0 aliphatic heterocycles. The maximum atomic E-state index is 14.1. The van der Waals surface area contributed by atoms with Crippen molar-refractivity contribution < 1.29 is 64.6 Å². The van der Waals surface area contributed by atoms with Gasteiger partial charge in [0.15, 0.2) is 22.7 Å². The highest BCUT2D eigenvalue weighted by atomic mass is 19.4. The van der Waals surface area contributed by atoms with E-state index in [1.807, 2.05) is 0 Å². The summed E-state index contributed by atoms with van der Waals surface area (Å²) < 4.78 is 95.1. The Morgan fingerprint density at radius 3 is 1.20 bits per heavy atom. The summed E-state index contributed by atoms with van der Waals surface area (Å²) in [4.78, 5) is 46.5.